The zero-order valence-corrected chi connectivity index (χ0v) is 16.0. The van der Waals surface area contributed by atoms with Gasteiger partial charge in [0.25, 0.3) is 0 Å². The average molecular weight is 389 g/mol. The number of rotatable bonds is 8. The van der Waals surface area contributed by atoms with Crippen LogP contribution in [0.25, 0.3) is 11.3 Å². The number of ether oxygens (including phenoxy) is 2. The van der Waals surface area contributed by atoms with Crippen molar-refractivity contribution in [3.63, 3.8) is 0 Å². The Bertz CT molecular complexity index is 819. The van der Waals surface area contributed by atoms with Crippen molar-refractivity contribution in [3.8, 4) is 17.0 Å². The van der Waals surface area contributed by atoms with Crippen molar-refractivity contribution in [3.05, 3.63) is 47.7 Å². The molecule has 0 bridgehead atoms. The Morgan fingerprint density at radius 1 is 1.14 bits per heavy atom. The number of nitrogens with zero attached hydrogens (tertiary/aromatic N) is 1. The Balaban J connectivity index is 1.68. The van der Waals surface area contributed by atoms with Crippen molar-refractivity contribution in [2.45, 2.75) is 51.4 Å². The summed E-state index contributed by atoms with van der Waals surface area (Å²) in [6.07, 6.45) is 5.09. The highest BCUT2D eigenvalue weighted by Crippen LogP contribution is 2.35. The molecule has 3 rings (SSSR count). The van der Waals surface area contributed by atoms with E-state index in [4.69, 9.17) is 9.47 Å². The van der Waals surface area contributed by atoms with Crippen LogP contribution in [0.5, 0.6) is 5.75 Å². The van der Waals surface area contributed by atoms with Gasteiger partial charge in [0.15, 0.2) is 11.6 Å². The monoisotopic (exact) mass is 389 g/mol. The van der Waals surface area contributed by atoms with Crippen LogP contribution in [0.15, 0.2) is 30.3 Å². The van der Waals surface area contributed by atoms with Crippen molar-refractivity contribution in [2.24, 2.45) is 0 Å². The third-order valence-electron chi connectivity index (χ3n) is 4.96. The first kappa shape index (κ1) is 20.2. The Kier molecular flexibility index (Phi) is 6.95. The maximum Gasteiger partial charge on any atom is 0.305 e. The molecular formula is C22H25F2NO3. The van der Waals surface area contributed by atoms with Crippen molar-refractivity contribution < 1.29 is 23.0 Å². The standard InChI is InChI=1S/C22H25F2NO3/c1-2-27-20(26)11-6-14-28-19-13-12-16(21(23)22(19)24)18-10-5-9-17(25-18)15-7-3-4-8-15/h5,9-10,12-13,15H,2-4,6-8,11,14H2,1H3. The predicted octanol–water partition coefficient (Wildman–Crippen LogP) is 5.41. The number of pyridine rings is 1. The number of aromatic nitrogens is 1. The maximum absolute atomic E-state index is 14.6. The van der Waals surface area contributed by atoms with Crippen molar-refractivity contribution in [1.82, 2.24) is 4.98 Å². The molecule has 1 saturated carbocycles. The molecule has 0 atom stereocenters. The van der Waals surface area contributed by atoms with Crippen molar-refractivity contribution in [1.29, 1.82) is 0 Å². The largest absolute Gasteiger partial charge is 0.490 e. The molecule has 1 heterocycles. The number of carbonyl (C=O) groups is 1. The van der Waals surface area contributed by atoms with E-state index in [2.05, 4.69) is 4.98 Å². The lowest BCUT2D eigenvalue weighted by Crippen LogP contribution is -2.07. The fourth-order valence-corrected chi connectivity index (χ4v) is 3.52. The van der Waals surface area contributed by atoms with E-state index in [9.17, 15) is 13.6 Å². The first-order valence-corrected chi connectivity index (χ1v) is 9.84. The van der Waals surface area contributed by atoms with E-state index in [1.54, 1.807) is 13.0 Å². The van der Waals surface area contributed by atoms with Gasteiger partial charge in [-0.1, -0.05) is 18.9 Å². The lowest BCUT2D eigenvalue weighted by Gasteiger charge is -2.12. The van der Waals surface area contributed by atoms with Gasteiger partial charge in [-0.2, -0.15) is 4.39 Å². The van der Waals surface area contributed by atoms with E-state index in [1.165, 1.54) is 25.0 Å². The Morgan fingerprint density at radius 2 is 1.93 bits per heavy atom. The van der Waals surface area contributed by atoms with E-state index in [0.29, 0.717) is 24.6 Å². The summed E-state index contributed by atoms with van der Waals surface area (Å²) in [6, 6.07) is 8.37. The predicted molar refractivity (Wildman–Crippen MR) is 102 cm³/mol. The third kappa shape index (κ3) is 4.86. The molecule has 1 aliphatic carbocycles. The van der Waals surface area contributed by atoms with Gasteiger partial charge in [0.1, 0.15) is 0 Å². The summed E-state index contributed by atoms with van der Waals surface area (Å²) in [4.78, 5) is 15.9. The number of benzene rings is 1. The smallest absolute Gasteiger partial charge is 0.305 e. The number of esters is 1. The van der Waals surface area contributed by atoms with Gasteiger partial charge >= 0.3 is 5.97 Å². The molecule has 0 aliphatic heterocycles. The molecule has 0 saturated heterocycles. The van der Waals surface area contributed by atoms with Crippen LogP contribution in [0.4, 0.5) is 8.78 Å². The van der Waals surface area contributed by atoms with Crippen LogP contribution < -0.4 is 4.74 Å². The summed E-state index contributed by atoms with van der Waals surface area (Å²) in [5.74, 6) is -2.12. The van der Waals surface area contributed by atoms with Crippen LogP contribution in [0, 0.1) is 11.6 Å². The lowest BCUT2D eigenvalue weighted by atomic mass is 10.0. The van der Waals surface area contributed by atoms with E-state index in [0.717, 1.165) is 18.5 Å². The summed E-state index contributed by atoms with van der Waals surface area (Å²) in [6.45, 7) is 2.15. The molecule has 28 heavy (non-hydrogen) atoms. The number of hydrogen-bond donors (Lipinski definition) is 0. The van der Waals surface area contributed by atoms with Gasteiger partial charge in [-0.3, -0.25) is 9.78 Å². The molecule has 1 aromatic carbocycles. The molecule has 0 radical (unpaired) electrons. The van der Waals surface area contributed by atoms with Crippen LogP contribution in [-0.4, -0.2) is 24.2 Å². The minimum Gasteiger partial charge on any atom is -0.490 e. The van der Waals surface area contributed by atoms with Crippen LogP contribution in [-0.2, 0) is 9.53 Å². The molecule has 0 N–H and O–H groups in total. The Labute approximate surface area is 163 Å². The van der Waals surface area contributed by atoms with Gasteiger partial charge < -0.3 is 9.47 Å². The van der Waals surface area contributed by atoms with Gasteiger partial charge in [0.2, 0.25) is 5.82 Å². The fourth-order valence-electron chi connectivity index (χ4n) is 3.52. The molecular weight excluding hydrogens is 364 g/mol. The maximum atomic E-state index is 14.6. The van der Waals surface area contributed by atoms with Gasteiger partial charge in [-0.25, -0.2) is 4.39 Å². The van der Waals surface area contributed by atoms with Crippen LogP contribution >= 0.6 is 0 Å². The Morgan fingerprint density at radius 3 is 2.68 bits per heavy atom. The molecule has 1 aromatic heterocycles. The highest BCUT2D eigenvalue weighted by atomic mass is 19.2. The zero-order valence-electron chi connectivity index (χ0n) is 16.0. The normalized spacial score (nSPS) is 14.2. The molecule has 1 aliphatic rings. The quantitative estimate of drug-likeness (QED) is 0.448. The number of hydrogen-bond acceptors (Lipinski definition) is 4. The van der Waals surface area contributed by atoms with Gasteiger partial charge in [0, 0.05) is 23.6 Å². The third-order valence-corrected chi connectivity index (χ3v) is 4.96. The second-order valence-corrected chi connectivity index (χ2v) is 6.93. The van der Waals surface area contributed by atoms with Crippen molar-refractivity contribution >= 4 is 5.97 Å². The molecule has 150 valence electrons. The first-order valence-electron chi connectivity index (χ1n) is 9.84. The molecule has 0 spiro atoms. The van der Waals surface area contributed by atoms with Gasteiger partial charge in [-0.05, 0) is 50.5 Å². The summed E-state index contributed by atoms with van der Waals surface area (Å²) < 4.78 is 39.2. The molecule has 0 amide bonds. The van der Waals surface area contributed by atoms with E-state index < -0.39 is 11.6 Å². The van der Waals surface area contributed by atoms with Crippen LogP contribution in [0.3, 0.4) is 0 Å². The van der Waals surface area contributed by atoms with Crippen LogP contribution in [0.2, 0.25) is 0 Å². The summed E-state index contributed by atoms with van der Waals surface area (Å²) in [5, 5.41) is 0. The fraction of sp³-hybridized carbons (Fsp3) is 0.455. The summed E-state index contributed by atoms with van der Waals surface area (Å²) in [7, 11) is 0. The molecule has 1 fully saturated rings. The Hall–Kier alpha value is -2.50. The lowest BCUT2D eigenvalue weighted by molar-refractivity contribution is -0.143. The van der Waals surface area contributed by atoms with Crippen molar-refractivity contribution in [2.75, 3.05) is 13.2 Å². The van der Waals surface area contributed by atoms with Gasteiger partial charge in [-0.15, -0.1) is 0 Å². The minimum absolute atomic E-state index is 0.101. The van der Waals surface area contributed by atoms with Gasteiger partial charge in [0.05, 0.1) is 18.9 Å². The molecule has 4 nitrogen and oxygen atoms in total. The number of carbonyl (C=O) groups excluding carboxylic acids is 1. The second kappa shape index (κ2) is 9.62. The summed E-state index contributed by atoms with van der Waals surface area (Å²) >= 11 is 0. The topological polar surface area (TPSA) is 48.4 Å². The summed E-state index contributed by atoms with van der Waals surface area (Å²) in [5.41, 5.74) is 1.49. The minimum atomic E-state index is -1.04. The highest BCUT2D eigenvalue weighted by molar-refractivity contribution is 5.69. The first-order chi connectivity index (χ1) is 13.6. The second-order valence-electron chi connectivity index (χ2n) is 6.93. The van der Waals surface area contributed by atoms with Crippen LogP contribution in [0.1, 0.15) is 57.1 Å². The van der Waals surface area contributed by atoms with E-state index in [-0.39, 0.29) is 30.3 Å². The highest BCUT2D eigenvalue weighted by Gasteiger charge is 2.21. The zero-order chi connectivity index (χ0) is 19.9. The molecule has 2 aromatic rings. The van der Waals surface area contributed by atoms with E-state index in [1.807, 2.05) is 12.1 Å². The molecule has 6 heteroatoms. The SMILES string of the molecule is CCOC(=O)CCCOc1ccc(-c2cccc(C3CCCC3)n2)c(F)c1F. The average Bonchev–Trinajstić information content (AvgIpc) is 3.23. The number of halogens is 2. The molecule has 0 unspecified atom stereocenters. The van der Waals surface area contributed by atoms with E-state index >= 15 is 0 Å².